The van der Waals surface area contributed by atoms with Crippen LogP contribution in [-0.4, -0.2) is 26.2 Å². The first-order valence-corrected chi connectivity index (χ1v) is 7.64. The third-order valence-corrected chi connectivity index (χ3v) is 3.25. The molecule has 0 heterocycles. The molecule has 2 aromatic carbocycles. The first-order chi connectivity index (χ1) is 11.2. The number of hydrogen-bond acceptors (Lipinski definition) is 3. The second-order valence-electron chi connectivity index (χ2n) is 4.95. The van der Waals surface area contributed by atoms with E-state index < -0.39 is 0 Å². The maximum atomic E-state index is 5.90. The monoisotopic (exact) mass is 441 g/mol. The zero-order valence-electron chi connectivity index (χ0n) is 14.0. The fraction of sp³-hybridized carbons (Fsp3) is 0.278. The molecule has 0 unspecified atom stereocenters. The molecule has 3 N–H and O–H groups in total. The minimum Gasteiger partial charge on any atom is -0.497 e. The molecule has 2 aromatic rings. The van der Waals surface area contributed by atoms with Crippen molar-refractivity contribution in [1.82, 2.24) is 0 Å². The average molecular weight is 441 g/mol. The van der Waals surface area contributed by atoms with Gasteiger partial charge in [-0.25, -0.2) is 0 Å². The molecule has 0 aliphatic heterocycles. The molecule has 5 nitrogen and oxygen atoms in total. The molecule has 0 fully saturated rings. The molecule has 2 rings (SSSR count). The van der Waals surface area contributed by atoms with Crippen LogP contribution >= 0.6 is 24.0 Å². The Balaban J connectivity index is 0.00000288. The number of anilines is 1. The summed E-state index contributed by atoms with van der Waals surface area (Å²) in [6.45, 7) is 3.26. The molecule has 0 spiro atoms. The second kappa shape index (κ2) is 10.7. The highest BCUT2D eigenvalue weighted by atomic mass is 127. The second-order valence-corrected chi connectivity index (χ2v) is 4.95. The predicted molar refractivity (Wildman–Crippen MR) is 110 cm³/mol. The Morgan fingerprint density at radius 1 is 1.12 bits per heavy atom. The van der Waals surface area contributed by atoms with Crippen LogP contribution in [0.4, 0.5) is 5.69 Å². The van der Waals surface area contributed by atoms with E-state index in [4.69, 9.17) is 15.2 Å². The number of nitrogens with two attached hydrogens (primary N) is 1. The van der Waals surface area contributed by atoms with Gasteiger partial charge in [0, 0.05) is 12.2 Å². The van der Waals surface area contributed by atoms with Crippen molar-refractivity contribution in [3.63, 3.8) is 0 Å². The van der Waals surface area contributed by atoms with Crippen LogP contribution in [0.15, 0.2) is 53.5 Å². The highest BCUT2D eigenvalue weighted by Crippen LogP contribution is 2.15. The van der Waals surface area contributed by atoms with Crippen molar-refractivity contribution < 1.29 is 9.47 Å². The zero-order valence-corrected chi connectivity index (χ0v) is 16.3. The Morgan fingerprint density at radius 3 is 2.54 bits per heavy atom. The molecule has 24 heavy (non-hydrogen) atoms. The van der Waals surface area contributed by atoms with Gasteiger partial charge in [-0.3, -0.25) is 4.99 Å². The fourth-order valence-corrected chi connectivity index (χ4v) is 2.12. The lowest BCUT2D eigenvalue weighted by Crippen LogP contribution is -2.23. The van der Waals surface area contributed by atoms with Gasteiger partial charge in [-0.15, -0.1) is 24.0 Å². The largest absolute Gasteiger partial charge is 0.497 e. The number of rotatable bonds is 7. The number of nitrogens with one attached hydrogen (secondary N) is 1. The summed E-state index contributed by atoms with van der Waals surface area (Å²) in [5.41, 5.74) is 7.96. The number of nitrogens with zero attached hydrogens (tertiary/aromatic N) is 1. The lowest BCUT2D eigenvalue weighted by Gasteiger charge is -2.07. The van der Waals surface area contributed by atoms with Crippen LogP contribution in [0, 0.1) is 0 Å². The molecule has 0 atom stereocenters. The van der Waals surface area contributed by atoms with E-state index in [1.165, 1.54) is 5.56 Å². The van der Waals surface area contributed by atoms with Crippen molar-refractivity contribution in [3.05, 3.63) is 54.1 Å². The Labute approximate surface area is 160 Å². The number of benzene rings is 2. The quantitative estimate of drug-likeness (QED) is 0.391. The van der Waals surface area contributed by atoms with Crippen LogP contribution in [0.3, 0.4) is 0 Å². The SMILES string of the molecule is CCOc1cccc(CCN=C(N)Nc2ccc(OC)cc2)c1.I. The van der Waals surface area contributed by atoms with Crippen LogP contribution in [0.2, 0.25) is 0 Å². The van der Waals surface area contributed by atoms with Crippen molar-refractivity contribution in [3.8, 4) is 11.5 Å². The minimum atomic E-state index is 0. The molecule has 0 aliphatic rings. The van der Waals surface area contributed by atoms with E-state index in [-0.39, 0.29) is 24.0 Å². The molecule has 0 bridgehead atoms. The van der Waals surface area contributed by atoms with E-state index in [1.807, 2.05) is 49.4 Å². The maximum Gasteiger partial charge on any atom is 0.193 e. The highest BCUT2D eigenvalue weighted by Gasteiger charge is 1.98. The van der Waals surface area contributed by atoms with E-state index in [0.717, 1.165) is 23.6 Å². The number of methoxy groups -OCH3 is 1. The summed E-state index contributed by atoms with van der Waals surface area (Å²) < 4.78 is 10.6. The number of guanidine groups is 1. The predicted octanol–water partition coefficient (Wildman–Crippen LogP) is 3.68. The maximum absolute atomic E-state index is 5.90. The third-order valence-electron chi connectivity index (χ3n) is 3.25. The number of ether oxygens (including phenoxy) is 2. The van der Waals surface area contributed by atoms with Gasteiger partial charge in [0.15, 0.2) is 5.96 Å². The van der Waals surface area contributed by atoms with E-state index >= 15 is 0 Å². The molecule has 6 heteroatoms. The first-order valence-electron chi connectivity index (χ1n) is 7.64. The topological polar surface area (TPSA) is 68.9 Å². The van der Waals surface area contributed by atoms with Gasteiger partial charge in [0.05, 0.1) is 13.7 Å². The van der Waals surface area contributed by atoms with Gasteiger partial charge in [-0.2, -0.15) is 0 Å². The van der Waals surface area contributed by atoms with E-state index in [0.29, 0.717) is 19.1 Å². The third kappa shape index (κ3) is 6.66. The molecule has 0 aliphatic carbocycles. The summed E-state index contributed by atoms with van der Waals surface area (Å²) in [5, 5.41) is 3.06. The molecule has 0 saturated heterocycles. The van der Waals surface area contributed by atoms with Crippen LogP contribution in [0.1, 0.15) is 12.5 Å². The van der Waals surface area contributed by atoms with Gasteiger partial charge < -0.3 is 20.5 Å². The van der Waals surface area contributed by atoms with Gasteiger partial charge in [0.2, 0.25) is 0 Å². The molecule has 130 valence electrons. The Kier molecular flexibility index (Phi) is 8.99. The Morgan fingerprint density at radius 2 is 1.88 bits per heavy atom. The van der Waals surface area contributed by atoms with Gasteiger partial charge in [-0.1, -0.05) is 12.1 Å². The van der Waals surface area contributed by atoms with Gasteiger partial charge >= 0.3 is 0 Å². The van der Waals surface area contributed by atoms with Crippen LogP contribution in [-0.2, 0) is 6.42 Å². The van der Waals surface area contributed by atoms with Crippen molar-refractivity contribution in [2.24, 2.45) is 10.7 Å². The average Bonchev–Trinajstić information content (AvgIpc) is 2.56. The Bertz CT molecular complexity index is 645. The molecule has 0 radical (unpaired) electrons. The van der Waals surface area contributed by atoms with E-state index in [1.54, 1.807) is 7.11 Å². The van der Waals surface area contributed by atoms with Gasteiger partial charge in [-0.05, 0) is 55.3 Å². The smallest absolute Gasteiger partial charge is 0.193 e. The van der Waals surface area contributed by atoms with Crippen LogP contribution < -0.4 is 20.5 Å². The Hall–Kier alpha value is -1.96. The summed E-state index contributed by atoms with van der Waals surface area (Å²) in [6, 6.07) is 15.6. The van der Waals surface area contributed by atoms with Gasteiger partial charge in [0.1, 0.15) is 11.5 Å². The number of halogens is 1. The minimum absolute atomic E-state index is 0. The van der Waals surface area contributed by atoms with Crippen LogP contribution in [0.5, 0.6) is 11.5 Å². The molecular formula is C18H24IN3O2. The van der Waals surface area contributed by atoms with Crippen molar-refractivity contribution in [2.75, 3.05) is 25.6 Å². The normalized spacial score (nSPS) is 10.7. The lowest BCUT2D eigenvalue weighted by molar-refractivity contribution is 0.340. The summed E-state index contributed by atoms with van der Waals surface area (Å²) in [5.74, 6) is 2.09. The van der Waals surface area contributed by atoms with Crippen molar-refractivity contribution >= 4 is 35.6 Å². The first kappa shape index (κ1) is 20.1. The van der Waals surface area contributed by atoms with E-state index in [2.05, 4.69) is 16.4 Å². The van der Waals surface area contributed by atoms with Crippen molar-refractivity contribution in [2.45, 2.75) is 13.3 Å². The zero-order chi connectivity index (χ0) is 16.5. The fourth-order valence-electron chi connectivity index (χ4n) is 2.12. The summed E-state index contributed by atoms with van der Waals surface area (Å²) >= 11 is 0. The lowest BCUT2D eigenvalue weighted by atomic mass is 10.1. The van der Waals surface area contributed by atoms with Gasteiger partial charge in [0.25, 0.3) is 0 Å². The number of hydrogen-bond donors (Lipinski definition) is 2. The number of aliphatic imine (C=N–C) groups is 1. The van der Waals surface area contributed by atoms with Crippen molar-refractivity contribution in [1.29, 1.82) is 0 Å². The standard InChI is InChI=1S/C18H23N3O2.HI/c1-3-23-17-6-4-5-14(13-17)11-12-20-18(19)21-15-7-9-16(22-2)10-8-15;/h4-10,13H,3,11-12H2,1-2H3,(H3,19,20,21);1H. The van der Waals surface area contributed by atoms with E-state index in [9.17, 15) is 0 Å². The summed E-state index contributed by atoms with van der Waals surface area (Å²) in [4.78, 5) is 4.34. The summed E-state index contributed by atoms with van der Waals surface area (Å²) in [7, 11) is 1.64. The molecule has 0 aromatic heterocycles. The van der Waals surface area contributed by atoms with Crippen LogP contribution in [0.25, 0.3) is 0 Å². The summed E-state index contributed by atoms with van der Waals surface area (Å²) in [6.07, 6.45) is 0.811. The molecular weight excluding hydrogens is 417 g/mol. The molecule has 0 amide bonds. The highest BCUT2D eigenvalue weighted by molar-refractivity contribution is 14.0. The molecule has 0 saturated carbocycles.